The molecule has 0 spiro atoms. The summed E-state index contributed by atoms with van der Waals surface area (Å²) in [5.74, 6) is 3.31. The number of benzene rings is 3. The zero-order valence-electron chi connectivity index (χ0n) is 19.8. The van der Waals surface area contributed by atoms with Gasteiger partial charge in [0.25, 0.3) is 0 Å². The summed E-state index contributed by atoms with van der Waals surface area (Å²) in [6.45, 7) is 4.22. The summed E-state index contributed by atoms with van der Waals surface area (Å²) in [5.41, 5.74) is 3.76. The summed E-state index contributed by atoms with van der Waals surface area (Å²) in [6.07, 6.45) is 4.67. The van der Waals surface area contributed by atoms with Gasteiger partial charge in [-0.2, -0.15) is 0 Å². The average molecular weight is 446 g/mol. The Morgan fingerprint density at radius 3 is 2.18 bits per heavy atom. The van der Waals surface area contributed by atoms with E-state index in [4.69, 9.17) is 14.2 Å². The van der Waals surface area contributed by atoms with Crippen LogP contribution in [0.3, 0.4) is 0 Å². The second-order valence-electron chi connectivity index (χ2n) is 8.75. The number of hydrogen-bond donors (Lipinski definition) is 0. The lowest BCUT2D eigenvalue weighted by atomic mass is 9.93. The Morgan fingerprint density at radius 2 is 1.48 bits per heavy atom. The van der Waals surface area contributed by atoms with Crippen molar-refractivity contribution in [3.05, 3.63) is 78.4 Å². The zero-order chi connectivity index (χ0) is 22.9. The molecular formula is C29H35NO3. The SMILES string of the molecule is COc1ccc(CCN2CCC(CCOc3ccc(-c4ccccc4)cc3)CC2)cc1OC. The highest BCUT2D eigenvalue weighted by atomic mass is 16.5. The minimum atomic E-state index is 0.755. The average Bonchev–Trinajstić information content (AvgIpc) is 2.89. The fraction of sp³-hybridized carbons (Fsp3) is 0.379. The van der Waals surface area contributed by atoms with E-state index in [1.807, 2.05) is 12.1 Å². The molecule has 0 bridgehead atoms. The van der Waals surface area contributed by atoms with Gasteiger partial charge in [0, 0.05) is 6.54 Å². The van der Waals surface area contributed by atoms with Gasteiger partial charge in [0.2, 0.25) is 0 Å². The van der Waals surface area contributed by atoms with E-state index in [1.54, 1.807) is 14.2 Å². The van der Waals surface area contributed by atoms with Crippen LogP contribution in [0.5, 0.6) is 17.2 Å². The Balaban J connectivity index is 1.15. The number of rotatable bonds is 10. The van der Waals surface area contributed by atoms with Gasteiger partial charge in [-0.15, -0.1) is 0 Å². The largest absolute Gasteiger partial charge is 0.494 e. The van der Waals surface area contributed by atoms with Crippen molar-refractivity contribution in [2.24, 2.45) is 5.92 Å². The molecule has 0 radical (unpaired) electrons. The van der Waals surface area contributed by atoms with Crippen LogP contribution in [0, 0.1) is 5.92 Å². The molecule has 0 N–H and O–H groups in total. The van der Waals surface area contributed by atoms with Crippen LogP contribution < -0.4 is 14.2 Å². The molecule has 1 heterocycles. The molecule has 4 heteroatoms. The molecule has 1 fully saturated rings. The summed E-state index contributed by atoms with van der Waals surface area (Å²) in [6, 6.07) is 25.1. The van der Waals surface area contributed by atoms with Crippen LogP contribution >= 0.6 is 0 Å². The summed E-state index contributed by atoms with van der Waals surface area (Å²) < 4.78 is 16.8. The maximum Gasteiger partial charge on any atom is 0.160 e. The fourth-order valence-corrected chi connectivity index (χ4v) is 4.54. The van der Waals surface area contributed by atoms with Crippen LogP contribution in [0.4, 0.5) is 0 Å². The fourth-order valence-electron chi connectivity index (χ4n) is 4.54. The highest BCUT2D eigenvalue weighted by Crippen LogP contribution is 2.28. The number of likely N-dealkylation sites (tertiary alicyclic amines) is 1. The second kappa shape index (κ2) is 11.8. The molecule has 0 saturated carbocycles. The van der Waals surface area contributed by atoms with Gasteiger partial charge in [-0.3, -0.25) is 0 Å². The van der Waals surface area contributed by atoms with Crippen molar-refractivity contribution in [1.29, 1.82) is 0 Å². The van der Waals surface area contributed by atoms with Crippen LogP contribution in [0.15, 0.2) is 72.8 Å². The minimum absolute atomic E-state index is 0.755. The minimum Gasteiger partial charge on any atom is -0.494 e. The van der Waals surface area contributed by atoms with Crippen LogP contribution in [0.1, 0.15) is 24.8 Å². The van der Waals surface area contributed by atoms with Gasteiger partial charge in [-0.05, 0) is 85.6 Å². The number of piperidine rings is 1. The molecule has 0 unspecified atom stereocenters. The second-order valence-corrected chi connectivity index (χ2v) is 8.75. The highest BCUT2D eigenvalue weighted by Gasteiger charge is 2.19. The van der Waals surface area contributed by atoms with Crippen molar-refractivity contribution >= 4 is 0 Å². The van der Waals surface area contributed by atoms with E-state index < -0.39 is 0 Å². The van der Waals surface area contributed by atoms with E-state index >= 15 is 0 Å². The van der Waals surface area contributed by atoms with Gasteiger partial charge in [-0.25, -0.2) is 0 Å². The molecule has 3 aromatic rings. The van der Waals surface area contributed by atoms with Gasteiger partial charge in [0.15, 0.2) is 11.5 Å². The lowest BCUT2D eigenvalue weighted by molar-refractivity contribution is 0.164. The van der Waals surface area contributed by atoms with E-state index in [0.29, 0.717) is 0 Å². The summed E-state index contributed by atoms with van der Waals surface area (Å²) in [7, 11) is 3.37. The molecule has 0 aromatic heterocycles. The molecule has 174 valence electrons. The Kier molecular flexibility index (Phi) is 8.26. The topological polar surface area (TPSA) is 30.9 Å². The highest BCUT2D eigenvalue weighted by molar-refractivity contribution is 5.63. The Hall–Kier alpha value is -2.98. The Morgan fingerprint density at radius 1 is 0.788 bits per heavy atom. The van der Waals surface area contributed by atoms with Crippen molar-refractivity contribution in [2.45, 2.75) is 25.7 Å². The smallest absolute Gasteiger partial charge is 0.160 e. The summed E-state index contributed by atoms with van der Waals surface area (Å²) in [4.78, 5) is 2.58. The maximum absolute atomic E-state index is 6.04. The van der Waals surface area contributed by atoms with Crippen LogP contribution in [-0.2, 0) is 6.42 Å². The third kappa shape index (κ3) is 6.52. The first kappa shape index (κ1) is 23.2. The molecule has 3 aromatic carbocycles. The lowest BCUT2D eigenvalue weighted by Crippen LogP contribution is -2.35. The first-order valence-corrected chi connectivity index (χ1v) is 12.0. The Bertz CT molecular complexity index is 980. The monoisotopic (exact) mass is 445 g/mol. The normalized spacial score (nSPS) is 14.7. The lowest BCUT2D eigenvalue weighted by Gasteiger charge is -2.32. The number of nitrogens with zero attached hydrogens (tertiary/aromatic N) is 1. The van der Waals surface area contributed by atoms with Crippen LogP contribution in [0.25, 0.3) is 11.1 Å². The first-order chi connectivity index (χ1) is 16.2. The van der Waals surface area contributed by atoms with Crippen molar-refractivity contribution in [2.75, 3.05) is 40.5 Å². The molecule has 1 aliphatic rings. The molecule has 33 heavy (non-hydrogen) atoms. The quantitative estimate of drug-likeness (QED) is 0.378. The van der Waals surface area contributed by atoms with E-state index in [0.717, 1.165) is 49.2 Å². The molecule has 4 nitrogen and oxygen atoms in total. The van der Waals surface area contributed by atoms with E-state index in [9.17, 15) is 0 Å². The van der Waals surface area contributed by atoms with Crippen molar-refractivity contribution in [1.82, 2.24) is 4.90 Å². The van der Waals surface area contributed by atoms with Gasteiger partial charge in [-0.1, -0.05) is 48.5 Å². The molecule has 4 rings (SSSR count). The van der Waals surface area contributed by atoms with E-state index in [-0.39, 0.29) is 0 Å². The van der Waals surface area contributed by atoms with E-state index in [2.05, 4.69) is 65.6 Å². The van der Waals surface area contributed by atoms with Gasteiger partial charge < -0.3 is 19.1 Å². The Labute approximate surface area is 198 Å². The van der Waals surface area contributed by atoms with Crippen LogP contribution in [-0.4, -0.2) is 45.4 Å². The third-order valence-corrected chi connectivity index (χ3v) is 6.63. The third-order valence-electron chi connectivity index (χ3n) is 6.63. The van der Waals surface area contributed by atoms with Crippen molar-refractivity contribution < 1.29 is 14.2 Å². The first-order valence-electron chi connectivity index (χ1n) is 12.0. The number of hydrogen-bond acceptors (Lipinski definition) is 4. The predicted molar refractivity (Wildman–Crippen MR) is 134 cm³/mol. The van der Waals surface area contributed by atoms with Gasteiger partial charge in [0.05, 0.1) is 20.8 Å². The van der Waals surface area contributed by atoms with E-state index in [1.165, 1.54) is 42.6 Å². The zero-order valence-corrected chi connectivity index (χ0v) is 19.8. The predicted octanol–water partition coefficient (Wildman–Crippen LogP) is 6.09. The molecule has 0 amide bonds. The standard InChI is InChI=1S/C29H35NO3/c1-31-28-13-8-24(22-29(28)32-2)16-20-30-18-14-23(15-19-30)17-21-33-27-11-9-26(10-12-27)25-6-4-3-5-7-25/h3-13,22-23H,14-21H2,1-2H3. The number of ether oxygens (including phenoxy) is 3. The molecular weight excluding hydrogens is 410 g/mol. The number of methoxy groups -OCH3 is 2. The molecule has 1 aliphatic heterocycles. The van der Waals surface area contributed by atoms with Gasteiger partial charge >= 0.3 is 0 Å². The van der Waals surface area contributed by atoms with Crippen molar-refractivity contribution in [3.63, 3.8) is 0 Å². The van der Waals surface area contributed by atoms with Gasteiger partial charge in [0.1, 0.15) is 5.75 Å². The summed E-state index contributed by atoms with van der Waals surface area (Å²) >= 11 is 0. The van der Waals surface area contributed by atoms with Crippen molar-refractivity contribution in [3.8, 4) is 28.4 Å². The molecule has 0 aliphatic carbocycles. The summed E-state index contributed by atoms with van der Waals surface area (Å²) in [5, 5.41) is 0. The molecule has 1 saturated heterocycles. The molecule has 0 atom stereocenters. The maximum atomic E-state index is 6.04. The van der Waals surface area contributed by atoms with Crippen LogP contribution in [0.2, 0.25) is 0 Å².